The summed E-state index contributed by atoms with van der Waals surface area (Å²) >= 11 is 0. The number of hydrogen-bond acceptors (Lipinski definition) is 3. The molecule has 0 aliphatic carbocycles. The van der Waals surface area contributed by atoms with Crippen molar-refractivity contribution in [3.8, 4) is 0 Å². The summed E-state index contributed by atoms with van der Waals surface area (Å²) in [4.78, 5) is 6.01. The van der Waals surface area contributed by atoms with Crippen LogP contribution in [-0.2, 0) is 0 Å². The van der Waals surface area contributed by atoms with Crippen LogP contribution in [0.3, 0.4) is 0 Å². The Kier molecular flexibility index (Phi) is 3.23. The highest BCUT2D eigenvalue weighted by Gasteiger charge is 2.07. The molecule has 2 N–H and O–H groups in total. The monoisotopic (exact) mass is 231 g/mol. The SMILES string of the molecule is CCN(c1ccc(N)nc1)c1cccc(F)c1. The van der Waals surface area contributed by atoms with E-state index in [1.54, 1.807) is 18.3 Å². The molecule has 0 atom stereocenters. The van der Waals surface area contributed by atoms with Crippen molar-refractivity contribution in [2.75, 3.05) is 17.2 Å². The summed E-state index contributed by atoms with van der Waals surface area (Å²) < 4.78 is 13.2. The molecule has 0 spiro atoms. The van der Waals surface area contributed by atoms with Gasteiger partial charge in [0.15, 0.2) is 0 Å². The predicted octanol–water partition coefficient (Wildman–Crippen LogP) is 2.96. The van der Waals surface area contributed by atoms with Crippen molar-refractivity contribution >= 4 is 17.2 Å². The van der Waals surface area contributed by atoms with Gasteiger partial charge >= 0.3 is 0 Å². The Bertz CT molecular complexity index is 496. The lowest BCUT2D eigenvalue weighted by molar-refractivity contribution is 0.627. The molecule has 1 aromatic carbocycles. The van der Waals surface area contributed by atoms with E-state index in [1.807, 2.05) is 24.0 Å². The lowest BCUT2D eigenvalue weighted by atomic mass is 10.2. The van der Waals surface area contributed by atoms with Crippen LogP contribution < -0.4 is 10.6 Å². The number of halogens is 1. The van der Waals surface area contributed by atoms with Crippen LogP contribution in [0.4, 0.5) is 21.6 Å². The van der Waals surface area contributed by atoms with E-state index < -0.39 is 0 Å². The second-order valence-corrected chi connectivity index (χ2v) is 3.67. The maximum atomic E-state index is 13.2. The van der Waals surface area contributed by atoms with Gasteiger partial charge in [-0.05, 0) is 37.3 Å². The van der Waals surface area contributed by atoms with E-state index in [2.05, 4.69) is 4.98 Å². The molecule has 0 aliphatic rings. The van der Waals surface area contributed by atoms with E-state index in [4.69, 9.17) is 5.73 Å². The lowest BCUT2D eigenvalue weighted by Crippen LogP contribution is -2.16. The predicted molar refractivity (Wildman–Crippen MR) is 67.7 cm³/mol. The number of hydrogen-bond donors (Lipinski definition) is 1. The van der Waals surface area contributed by atoms with Crippen molar-refractivity contribution in [3.05, 3.63) is 48.4 Å². The highest BCUT2D eigenvalue weighted by Crippen LogP contribution is 2.25. The zero-order valence-corrected chi connectivity index (χ0v) is 9.60. The molecule has 4 heteroatoms. The van der Waals surface area contributed by atoms with E-state index in [0.29, 0.717) is 5.82 Å². The van der Waals surface area contributed by atoms with Crippen LogP contribution in [-0.4, -0.2) is 11.5 Å². The highest BCUT2D eigenvalue weighted by atomic mass is 19.1. The van der Waals surface area contributed by atoms with Crippen LogP contribution >= 0.6 is 0 Å². The summed E-state index contributed by atoms with van der Waals surface area (Å²) in [6, 6.07) is 10.1. The zero-order chi connectivity index (χ0) is 12.3. The third kappa shape index (κ3) is 2.53. The van der Waals surface area contributed by atoms with Gasteiger partial charge in [0.1, 0.15) is 11.6 Å². The van der Waals surface area contributed by atoms with Gasteiger partial charge in [-0.2, -0.15) is 0 Å². The summed E-state index contributed by atoms with van der Waals surface area (Å²) in [5, 5.41) is 0. The normalized spacial score (nSPS) is 10.2. The van der Waals surface area contributed by atoms with Gasteiger partial charge in [0.2, 0.25) is 0 Å². The minimum atomic E-state index is -0.246. The number of benzene rings is 1. The smallest absolute Gasteiger partial charge is 0.125 e. The van der Waals surface area contributed by atoms with Crippen LogP contribution in [0.1, 0.15) is 6.92 Å². The molecule has 1 heterocycles. The Labute approximate surface area is 99.7 Å². The van der Waals surface area contributed by atoms with E-state index in [9.17, 15) is 4.39 Å². The summed E-state index contributed by atoms with van der Waals surface area (Å²) in [6.45, 7) is 2.73. The molecule has 0 radical (unpaired) electrons. The Balaban J connectivity index is 2.36. The van der Waals surface area contributed by atoms with Crippen LogP contribution in [0.5, 0.6) is 0 Å². The fraction of sp³-hybridized carbons (Fsp3) is 0.154. The van der Waals surface area contributed by atoms with Crippen LogP contribution in [0.25, 0.3) is 0 Å². The molecule has 0 saturated carbocycles. The maximum absolute atomic E-state index is 13.2. The van der Waals surface area contributed by atoms with E-state index >= 15 is 0 Å². The van der Waals surface area contributed by atoms with Crippen molar-refractivity contribution < 1.29 is 4.39 Å². The molecule has 0 fully saturated rings. The lowest BCUT2D eigenvalue weighted by Gasteiger charge is -2.22. The van der Waals surface area contributed by atoms with Crippen LogP contribution in [0.15, 0.2) is 42.6 Å². The first kappa shape index (κ1) is 11.4. The Hall–Kier alpha value is -2.10. The van der Waals surface area contributed by atoms with Gasteiger partial charge in [-0.1, -0.05) is 6.07 Å². The van der Waals surface area contributed by atoms with Gasteiger partial charge in [-0.15, -0.1) is 0 Å². The highest BCUT2D eigenvalue weighted by molar-refractivity contribution is 5.63. The van der Waals surface area contributed by atoms with Crippen molar-refractivity contribution in [1.82, 2.24) is 4.98 Å². The van der Waals surface area contributed by atoms with E-state index in [0.717, 1.165) is 17.9 Å². The second kappa shape index (κ2) is 4.82. The fourth-order valence-corrected chi connectivity index (χ4v) is 1.72. The Morgan fingerprint density at radius 3 is 2.65 bits per heavy atom. The molecule has 0 bridgehead atoms. The zero-order valence-electron chi connectivity index (χ0n) is 9.60. The van der Waals surface area contributed by atoms with Gasteiger partial charge in [0, 0.05) is 12.2 Å². The van der Waals surface area contributed by atoms with E-state index in [1.165, 1.54) is 12.1 Å². The molecule has 0 aliphatic heterocycles. The van der Waals surface area contributed by atoms with Crippen molar-refractivity contribution in [2.45, 2.75) is 6.92 Å². The number of nitrogens with zero attached hydrogens (tertiary/aromatic N) is 2. The van der Waals surface area contributed by atoms with E-state index in [-0.39, 0.29) is 5.82 Å². The third-order valence-electron chi connectivity index (χ3n) is 2.52. The summed E-state index contributed by atoms with van der Waals surface area (Å²) in [5.74, 6) is 0.230. The molecule has 0 amide bonds. The quantitative estimate of drug-likeness (QED) is 0.883. The molecule has 2 rings (SSSR count). The summed E-state index contributed by atoms with van der Waals surface area (Å²) in [5.41, 5.74) is 7.24. The second-order valence-electron chi connectivity index (χ2n) is 3.67. The molecule has 3 nitrogen and oxygen atoms in total. The third-order valence-corrected chi connectivity index (χ3v) is 2.52. The average Bonchev–Trinajstić information content (AvgIpc) is 2.33. The number of anilines is 3. The van der Waals surface area contributed by atoms with Crippen LogP contribution in [0, 0.1) is 5.82 Å². The molecular weight excluding hydrogens is 217 g/mol. The van der Waals surface area contributed by atoms with Gasteiger partial charge in [0.25, 0.3) is 0 Å². The van der Waals surface area contributed by atoms with Gasteiger partial charge in [-0.3, -0.25) is 0 Å². The fourth-order valence-electron chi connectivity index (χ4n) is 1.72. The standard InChI is InChI=1S/C13H14FN3/c1-2-17(11-5-3-4-10(14)8-11)12-6-7-13(15)16-9-12/h3-9H,2H2,1H3,(H2,15,16). The summed E-state index contributed by atoms with van der Waals surface area (Å²) in [6.07, 6.45) is 1.68. The van der Waals surface area contributed by atoms with Gasteiger partial charge in [0.05, 0.1) is 11.9 Å². The minimum Gasteiger partial charge on any atom is -0.384 e. The number of pyridine rings is 1. The largest absolute Gasteiger partial charge is 0.384 e. The first-order chi connectivity index (χ1) is 8.20. The van der Waals surface area contributed by atoms with Gasteiger partial charge < -0.3 is 10.6 Å². The van der Waals surface area contributed by atoms with Crippen molar-refractivity contribution in [1.29, 1.82) is 0 Å². The Morgan fingerprint density at radius 2 is 2.06 bits per heavy atom. The van der Waals surface area contributed by atoms with Gasteiger partial charge in [-0.25, -0.2) is 9.37 Å². The van der Waals surface area contributed by atoms with Crippen molar-refractivity contribution in [2.24, 2.45) is 0 Å². The first-order valence-corrected chi connectivity index (χ1v) is 5.45. The number of nitrogens with two attached hydrogens (primary N) is 1. The number of rotatable bonds is 3. The summed E-state index contributed by atoms with van der Waals surface area (Å²) in [7, 11) is 0. The number of nitrogen functional groups attached to an aromatic ring is 1. The average molecular weight is 231 g/mol. The molecule has 1 aromatic heterocycles. The molecule has 2 aromatic rings. The first-order valence-electron chi connectivity index (χ1n) is 5.45. The minimum absolute atomic E-state index is 0.246. The molecule has 0 unspecified atom stereocenters. The van der Waals surface area contributed by atoms with Crippen molar-refractivity contribution in [3.63, 3.8) is 0 Å². The maximum Gasteiger partial charge on any atom is 0.125 e. The number of aromatic nitrogens is 1. The molecule has 88 valence electrons. The molecule has 17 heavy (non-hydrogen) atoms. The molecule has 0 saturated heterocycles. The topological polar surface area (TPSA) is 42.1 Å². The molecular formula is C13H14FN3. The van der Waals surface area contributed by atoms with Crippen LogP contribution in [0.2, 0.25) is 0 Å². The Morgan fingerprint density at radius 1 is 1.24 bits per heavy atom.